The maximum atomic E-state index is 14.5. The monoisotopic (exact) mass is 451 g/mol. The predicted octanol–water partition coefficient (Wildman–Crippen LogP) is 4.52. The molecule has 174 valence electrons. The molecule has 33 heavy (non-hydrogen) atoms. The molecule has 0 saturated heterocycles. The van der Waals surface area contributed by atoms with E-state index in [4.69, 9.17) is 4.98 Å². The Bertz CT molecular complexity index is 1310. The molecule has 0 fully saturated rings. The summed E-state index contributed by atoms with van der Waals surface area (Å²) in [5.41, 5.74) is 4.94. The van der Waals surface area contributed by atoms with Crippen molar-refractivity contribution in [2.75, 3.05) is 12.4 Å². The first-order chi connectivity index (χ1) is 15.9. The topological polar surface area (TPSA) is 84.2 Å². The lowest BCUT2D eigenvalue weighted by molar-refractivity contribution is -0.128. The van der Waals surface area contributed by atoms with Crippen LogP contribution in [0.2, 0.25) is 0 Å². The van der Waals surface area contributed by atoms with Crippen LogP contribution in [0, 0.1) is 5.82 Å². The Morgan fingerprint density at radius 2 is 1.94 bits per heavy atom. The van der Waals surface area contributed by atoms with Gasteiger partial charge in [-0.25, -0.2) is 9.37 Å². The minimum atomic E-state index is -1.28. The van der Waals surface area contributed by atoms with Crippen molar-refractivity contribution in [1.82, 2.24) is 9.55 Å². The van der Waals surface area contributed by atoms with Gasteiger partial charge in [-0.3, -0.25) is 9.59 Å². The standard InChI is InChI=1S/C24H24FN3O3.C2H6/c1-3-4-5-12-14-8-19(26-2)17(25)10-18(14)27-22-16(12)11-28-20(22)9-15-13(24(28)31)6-7-21(29)23(15)30;1-2/h8-10,23,26,30H,3-7,11H2,1-2H3;1-2H3. The highest BCUT2D eigenvalue weighted by atomic mass is 19.1. The molecular formula is C26H30FN3O3. The number of pyridine rings is 2. The van der Waals surface area contributed by atoms with Gasteiger partial charge in [0.25, 0.3) is 5.56 Å². The van der Waals surface area contributed by atoms with Gasteiger partial charge in [-0.2, -0.15) is 0 Å². The van der Waals surface area contributed by atoms with Gasteiger partial charge in [-0.05, 0) is 42.5 Å². The number of aryl methyl sites for hydroxylation is 1. The number of aliphatic hydroxyl groups excluding tert-OH is 1. The van der Waals surface area contributed by atoms with E-state index in [1.807, 2.05) is 13.8 Å². The Labute approximate surface area is 192 Å². The first kappa shape index (κ1) is 23.1. The zero-order valence-corrected chi connectivity index (χ0v) is 19.6. The van der Waals surface area contributed by atoms with Crippen LogP contribution < -0.4 is 10.9 Å². The van der Waals surface area contributed by atoms with E-state index in [0.29, 0.717) is 46.7 Å². The number of hydrogen-bond acceptors (Lipinski definition) is 5. The minimum Gasteiger partial charge on any atom is -0.386 e. The summed E-state index contributed by atoms with van der Waals surface area (Å²) < 4.78 is 16.2. The summed E-state index contributed by atoms with van der Waals surface area (Å²) in [4.78, 5) is 30.0. The molecule has 1 unspecified atom stereocenters. The molecule has 7 heteroatoms. The lowest BCUT2D eigenvalue weighted by atomic mass is 9.89. The molecule has 1 aliphatic carbocycles. The largest absolute Gasteiger partial charge is 0.386 e. The third kappa shape index (κ3) is 3.64. The van der Waals surface area contributed by atoms with E-state index >= 15 is 0 Å². The summed E-state index contributed by atoms with van der Waals surface area (Å²) in [6, 6.07) is 4.95. The second kappa shape index (κ2) is 9.06. The number of nitrogens with zero attached hydrogens (tertiary/aromatic N) is 2. The third-order valence-electron chi connectivity index (χ3n) is 6.56. The summed E-state index contributed by atoms with van der Waals surface area (Å²) in [5.74, 6) is -0.655. The Balaban J connectivity index is 0.00000126. The molecule has 2 aliphatic rings. The van der Waals surface area contributed by atoms with Gasteiger partial charge in [0.2, 0.25) is 0 Å². The number of ketones is 1. The Kier molecular flexibility index (Phi) is 6.34. The van der Waals surface area contributed by atoms with Crippen molar-refractivity contribution in [3.05, 3.63) is 56.6 Å². The van der Waals surface area contributed by atoms with E-state index in [9.17, 15) is 19.1 Å². The number of hydrogen-bond donors (Lipinski definition) is 2. The summed E-state index contributed by atoms with van der Waals surface area (Å²) in [7, 11) is 1.68. The van der Waals surface area contributed by atoms with Gasteiger partial charge in [0.05, 0.1) is 29.1 Å². The molecule has 0 saturated carbocycles. The van der Waals surface area contributed by atoms with E-state index in [1.54, 1.807) is 23.7 Å². The Hall–Kier alpha value is -3.06. The molecule has 2 aromatic heterocycles. The van der Waals surface area contributed by atoms with Crippen molar-refractivity contribution in [1.29, 1.82) is 0 Å². The Morgan fingerprint density at radius 1 is 1.18 bits per heavy atom. The molecule has 1 atom stereocenters. The molecule has 1 aliphatic heterocycles. The third-order valence-corrected chi connectivity index (χ3v) is 6.56. The first-order valence-corrected chi connectivity index (χ1v) is 11.7. The number of rotatable bonds is 4. The number of nitrogens with one attached hydrogen (secondary N) is 1. The molecule has 2 N–H and O–H groups in total. The van der Waals surface area contributed by atoms with Crippen LogP contribution in [0.1, 0.15) is 68.4 Å². The number of carbonyl (C=O) groups is 1. The van der Waals surface area contributed by atoms with Crippen molar-refractivity contribution in [2.24, 2.45) is 0 Å². The smallest absolute Gasteiger partial charge is 0.254 e. The lowest BCUT2D eigenvalue weighted by Crippen LogP contribution is -2.31. The van der Waals surface area contributed by atoms with Gasteiger partial charge in [-0.15, -0.1) is 0 Å². The normalized spacial score (nSPS) is 16.1. The lowest BCUT2D eigenvalue weighted by Gasteiger charge is -2.21. The molecule has 1 aromatic carbocycles. The van der Waals surface area contributed by atoms with E-state index in [-0.39, 0.29) is 23.6 Å². The SMILES string of the molecule is CC.CCCCc1c2c(nc3cc(F)c(NC)cc13)-c1cc3c(c(=O)n1C2)CCC(=O)C3O. The van der Waals surface area contributed by atoms with E-state index in [0.717, 1.165) is 35.8 Å². The summed E-state index contributed by atoms with van der Waals surface area (Å²) >= 11 is 0. The second-order valence-corrected chi connectivity index (χ2v) is 8.34. The maximum absolute atomic E-state index is 14.5. The number of anilines is 1. The summed E-state index contributed by atoms with van der Waals surface area (Å²) in [5, 5.41) is 14.2. The van der Waals surface area contributed by atoms with Crippen molar-refractivity contribution in [3.63, 3.8) is 0 Å². The zero-order valence-electron chi connectivity index (χ0n) is 19.6. The number of aromatic nitrogens is 2. The van der Waals surface area contributed by atoms with Gasteiger partial charge >= 0.3 is 0 Å². The fraction of sp³-hybridized carbons (Fsp3) is 0.423. The van der Waals surface area contributed by atoms with Crippen LogP contribution >= 0.6 is 0 Å². The Morgan fingerprint density at radius 3 is 2.64 bits per heavy atom. The van der Waals surface area contributed by atoms with Crippen LogP contribution in [-0.2, 0) is 24.2 Å². The fourth-order valence-electron chi connectivity index (χ4n) is 4.88. The molecule has 3 heterocycles. The molecule has 6 nitrogen and oxygen atoms in total. The highest BCUT2D eigenvalue weighted by molar-refractivity contribution is 5.91. The van der Waals surface area contributed by atoms with Crippen LogP contribution in [0.4, 0.5) is 10.1 Å². The number of halogens is 1. The van der Waals surface area contributed by atoms with Gasteiger partial charge in [0.1, 0.15) is 11.9 Å². The zero-order chi connectivity index (χ0) is 23.9. The highest BCUT2D eigenvalue weighted by Gasteiger charge is 2.33. The van der Waals surface area contributed by atoms with E-state index in [1.165, 1.54) is 6.07 Å². The highest BCUT2D eigenvalue weighted by Crippen LogP contribution is 2.39. The summed E-state index contributed by atoms with van der Waals surface area (Å²) in [6.45, 7) is 6.52. The quantitative estimate of drug-likeness (QED) is 0.477. The maximum Gasteiger partial charge on any atom is 0.254 e. The van der Waals surface area contributed by atoms with Crippen LogP contribution in [0.3, 0.4) is 0 Å². The fourth-order valence-corrected chi connectivity index (χ4v) is 4.88. The molecular weight excluding hydrogens is 421 g/mol. The summed E-state index contributed by atoms with van der Waals surface area (Å²) in [6.07, 6.45) is 2.01. The van der Waals surface area contributed by atoms with E-state index < -0.39 is 6.10 Å². The van der Waals surface area contributed by atoms with Crippen molar-refractivity contribution in [2.45, 2.75) is 65.5 Å². The molecule has 0 spiro atoms. The molecule has 0 bridgehead atoms. The van der Waals surface area contributed by atoms with Crippen LogP contribution in [0.25, 0.3) is 22.3 Å². The number of Topliss-reactive ketones (excluding diaryl/α,β-unsaturated/α-hetero) is 1. The van der Waals surface area contributed by atoms with Crippen molar-refractivity contribution in [3.8, 4) is 11.4 Å². The van der Waals surface area contributed by atoms with Gasteiger partial charge in [-0.1, -0.05) is 27.2 Å². The number of benzene rings is 1. The average molecular weight is 452 g/mol. The first-order valence-electron chi connectivity index (χ1n) is 11.7. The minimum absolute atomic E-state index is 0.172. The van der Waals surface area contributed by atoms with Gasteiger partial charge < -0.3 is 15.0 Å². The number of aliphatic hydroxyl groups is 1. The van der Waals surface area contributed by atoms with Crippen molar-refractivity contribution >= 4 is 22.4 Å². The molecule has 0 radical (unpaired) electrons. The van der Waals surface area contributed by atoms with Crippen LogP contribution in [0.5, 0.6) is 0 Å². The van der Waals surface area contributed by atoms with Crippen LogP contribution in [0.15, 0.2) is 23.0 Å². The van der Waals surface area contributed by atoms with Gasteiger partial charge in [0, 0.05) is 36.0 Å². The molecule has 5 rings (SSSR count). The number of carbonyl (C=O) groups excluding carboxylic acids is 1. The predicted molar refractivity (Wildman–Crippen MR) is 128 cm³/mol. The van der Waals surface area contributed by atoms with Gasteiger partial charge in [0.15, 0.2) is 5.78 Å². The average Bonchev–Trinajstić information content (AvgIpc) is 3.19. The van der Waals surface area contributed by atoms with Crippen LogP contribution in [-0.4, -0.2) is 27.5 Å². The molecule has 3 aromatic rings. The van der Waals surface area contributed by atoms with E-state index in [2.05, 4.69) is 12.2 Å². The molecule has 0 amide bonds. The van der Waals surface area contributed by atoms with Crippen molar-refractivity contribution < 1.29 is 14.3 Å². The number of unbranched alkanes of at least 4 members (excludes halogenated alkanes) is 1. The second-order valence-electron chi connectivity index (χ2n) is 8.34. The number of fused-ring (bicyclic) bond motifs is 5.